The molecule has 1 aliphatic carbocycles. The number of nitrogens with zero attached hydrogens (tertiary/aromatic N) is 2. The Morgan fingerprint density at radius 2 is 2.19 bits per heavy atom. The van der Waals surface area contributed by atoms with Crippen molar-refractivity contribution in [2.24, 2.45) is 5.41 Å². The Morgan fingerprint density at radius 1 is 1.50 bits per heavy atom. The fourth-order valence-corrected chi connectivity index (χ4v) is 3.03. The second-order valence-electron chi connectivity index (χ2n) is 5.33. The lowest BCUT2D eigenvalue weighted by Crippen LogP contribution is -2.64. The molecule has 0 amide bonds. The topological polar surface area (TPSA) is 62.4 Å². The number of rotatable bonds is 1. The van der Waals surface area contributed by atoms with E-state index in [1.54, 1.807) is 6.20 Å². The molecule has 1 saturated heterocycles. The third kappa shape index (κ3) is 1.37. The lowest BCUT2D eigenvalue weighted by Gasteiger charge is -2.58. The van der Waals surface area contributed by atoms with Gasteiger partial charge < -0.3 is 15.7 Å². The Morgan fingerprint density at radius 3 is 2.75 bits per heavy atom. The van der Waals surface area contributed by atoms with E-state index >= 15 is 0 Å². The third-order valence-corrected chi connectivity index (χ3v) is 3.76. The summed E-state index contributed by atoms with van der Waals surface area (Å²) in [5.41, 5.74) is 7.92. The Kier molecular flexibility index (Phi) is 1.92. The van der Waals surface area contributed by atoms with Crippen molar-refractivity contribution in [3.05, 3.63) is 17.8 Å². The van der Waals surface area contributed by atoms with E-state index in [1.807, 2.05) is 13.0 Å². The number of hydrogen-bond donors (Lipinski definition) is 2. The number of anilines is 2. The van der Waals surface area contributed by atoms with E-state index in [1.165, 1.54) is 0 Å². The van der Waals surface area contributed by atoms with Gasteiger partial charge in [0.15, 0.2) is 0 Å². The minimum absolute atomic E-state index is 0.0670. The van der Waals surface area contributed by atoms with Crippen LogP contribution < -0.4 is 10.6 Å². The molecule has 0 aromatic carbocycles. The summed E-state index contributed by atoms with van der Waals surface area (Å²) in [6.07, 6.45) is 3.56. The van der Waals surface area contributed by atoms with Gasteiger partial charge in [-0.25, -0.2) is 4.98 Å². The smallest absolute Gasteiger partial charge is 0.131 e. The summed E-state index contributed by atoms with van der Waals surface area (Å²) < 4.78 is 0. The zero-order valence-corrected chi connectivity index (χ0v) is 9.48. The largest absolute Gasteiger partial charge is 0.397 e. The maximum Gasteiger partial charge on any atom is 0.131 e. The molecule has 2 aliphatic rings. The Balaban J connectivity index is 1.72. The van der Waals surface area contributed by atoms with Crippen molar-refractivity contribution in [1.82, 2.24) is 4.98 Å². The maximum atomic E-state index is 9.35. The van der Waals surface area contributed by atoms with Crippen molar-refractivity contribution in [3.63, 3.8) is 0 Å². The summed E-state index contributed by atoms with van der Waals surface area (Å²) in [5, 5.41) is 9.35. The van der Waals surface area contributed by atoms with E-state index in [-0.39, 0.29) is 6.10 Å². The fraction of sp³-hybridized carbons (Fsp3) is 0.583. The summed E-state index contributed by atoms with van der Waals surface area (Å²) in [6.45, 7) is 4.10. The van der Waals surface area contributed by atoms with Crippen LogP contribution in [0.3, 0.4) is 0 Å². The quantitative estimate of drug-likeness (QED) is 0.737. The van der Waals surface area contributed by atoms with Crippen molar-refractivity contribution in [2.45, 2.75) is 25.9 Å². The SMILES string of the molecule is Cc1cc(N)cnc1N1CC2(CC(O)C2)C1. The van der Waals surface area contributed by atoms with Crippen molar-refractivity contribution in [3.8, 4) is 0 Å². The minimum atomic E-state index is -0.0670. The lowest BCUT2D eigenvalue weighted by atomic mass is 9.62. The first-order valence-corrected chi connectivity index (χ1v) is 5.73. The molecule has 1 spiro atoms. The van der Waals surface area contributed by atoms with Crippen LogP contribution in [-0.4, -0.2) is 29.3 Å². The first-order chi connectivity index (χ1) is 7.58. The predicted molar refractivity (Wildman–Crippen MR) is 63.3 cm³/mol. The van der Waals surface area contributed by atoms with Gasteiger partial charge >= 0.3 is 0 Å². The number of aliphatic hydroxyl groups excluding tert-OH is 1. The fourth-order valence-electron chi connectivity index (χ4n) is 3.03. The van der Waals surface area contributed by atoms with Crippen molar-refractivity contribution >= 4 is 11.5 Å². The summed E-state index contributed by atoms with van der Waals surface area (Å²) in [7, 11) is 0. The van der Waals surface area contributed by atoms with Crippen LogP contribution in [-0.2, 0) is 0 Å². The third-order valence-electron chi connectivity index (χ3n) is 3.76. The monoisotopic (exact) mass is 219 g/mol. The number of aromatic nitrogens is 1. The molecule has 1 aromatic heterocycles. The molecule has 4 heteroatoms. The van der Waals surface area contributed by atoms with E-state index in [9.17, 15) is 5.11 Å². The van der Waals surface area contributed by atoms with Gasteiger partial charge in [-0.2, -0.15) is 0 Å². The van der Waals surface area contributed by atoms with Crippen LogP contribution in [0, 0.1) is 12.3 Å². The highest BCUT2D eigenvalue weighted by Gasteiger charge is 2.52. The number of aliphatic hydroxyl groups is 1. The second-order valence-corrected chi connectivity index (χ2v) is 5.33. The molecule has 2 fully saturated rings. The molecule has 2 heterocycles. The molecule has 1 aliphatic heterocycles. The molecule has 1 aromatic rings. The minimum Gasteiger partial charge on any atom is -0.397 e. The molecule has 86 valence electrons. The molecule has 4 nitrogen and oxygen atoms in total. The molecule has 3 rings (SSSR count). The summed E-state index contributed by atoms with van der Waals surface area (Å²) >= 11 is 0. The highest BCUT2D eigenvalue weighted by Crippen LogP contribution is 2.49. The van der Waals surface area contributed by atoms with Gasteiger partial charge in [-0.05, 0) is 31.4 Å². The number of nitrogen functional groups attached to an aromatic ring is 1. The maximum absolute atomic E-state index is 9.35. The number of pyridine rings is 1. The first-order valence-electron chi connectivity index (χ1n) is 5.73. The molecular weight excluding hydrogens is 202 g/mol. The average Bonchev–Trinajstić information content (AvgIpc) is 2.10. The zero-order valence-electron chi connectivity index (χ0n) is 9.48. The van der Waals surface area contributed by atoms with Gasteiger partial charge in [0.1, 0.15) is 5.82 Å². The van der Waals surface area contributed by atoms with E-state index in [0.717, 1.165) is 43.0 Å². The highest BCUT2D eigenvalue weighted by molar-refractivity contribution is 5.55. The van der Waals surface area contributed by atoms with Gasteiger partial charge in [0.2, 0.25) is 0 Å². The van der Waals surface area contributed by atoms with Gasteiger partial charge in [0.25, 0.3) is 0 Å². The second kappa shape index (κ2) is 3.10. The van der Waals surface area contributed by atoms with Crippen LogP contribution >= 0.6 is 0 Å². The summed E-state index contributed by atoms with van der Waals surface area (Å²) in [5.74, 6) is 1.04. The van der Waals surface area contributed by atoms with E-state index in [4.69, 9.17) is 5.73 Å². The van der Waals surface area contributed by atoms with E-state index < -0.39 is 0 Å². The summed E-state index contributed by atoms with van der Waals surface area (Å²) in [4.78, 5) is 6.66. The van der Waals surface area contributed by atoms with Gasteiger partial charge in [-0.15, -0.1) is 0 Å². The zero-order chi connectivity index (χ0) is 11.3. The van der Waals surface area contributed by atoms with Crippen LogP contribution in [0.4, 0.5) is 11.5 Å². The standard InChI is InChI=1S/C12H17N3O/c1-8-2-9(13)5-14-11(8)15-6-12(7-15)3-10(16)4-12/h2,5,10,16H,3-4,6-7,13H2,1H3. The van der Waals surface area contributed by atoms with Gasteiger partial charge in [-0.3, -0.25) is 0 Å². The Hall–Kier alpha value is -1.29. The van der Waals surface area contributed by atoms with E-state index in [0.29, 0.717) is 5.41 Å². The molecule has 0 atom stereocenters. The van der Waals surface area contributed by atoms with Crippen LogP contribution in [0.5, 0.6) is 0 Å². The van der Waals surface area contributed by atoms with Crippen molar-refractivity contribution in [1.29, 1.82) is 0 Å². The normalized spacial score (nSPS) is 23.0. The molecular formula is C12H17N3O. The van der Waals surface area contributed by atoms with Gasteiger partial charge in [0.05, 0.1) is 18.0 Å². The number of aryl methyl sites for hydroxylation is 1. The molecule has 1 saturated carbocycles. The van der Waals surface area contributed by atoms with Crippen LogP contribution in [0.2, 0.25) is 0 Å². The lowest BCUT2D eigenvalue weighted by molar-refractivity contribution is -0.0494. The first kappa shape index (κ1) is 9.90. The molecule has 3 N–H and O–H groups in total. The van der Waals surface area contributed by atoms with Crippen molar-refractivity contribution < 1.29 is 5.11 Å². The molecule has 16 heavy (non-hydrogen) atoms. The Bertz CT molecular complexity index is 418. The molecule has 0 bridgehead atoms. The van der Waals surface area contributed by atoms with Crippen LogP contribution in [0.15, 0.2) is 12.3 Å². The highest BCUT2D eigenvalue weighted by atomic mass is 16.3. The predicted octanol–water partition coefficient (Wildman–Crippen LogP) is 0.933. The van der Waals surface area contributed by atoms with Gasteiger partial charge in [-0.1, -0.05) is 0 Å². The average molecular weight is 219 g/mol. The van der Waals surface area contributed by atoms with Crippen LogP contribution in [0.25, 0.3) is 0 Å². The molecule has 0 unspecified atom stereocenters. The number of nitrogens with two attached hydrogens (primary N) is 1. The van der Waals surface area contributed by atoms with Crippen molar-refractivity contribution in [2.75, 3.05) is 23.7 Å². The number of hydrogen-bond acceptors (Lipinski definition) is 4. The Labute approximate surface area is 95.1 Å². The van der Waals surface area contributed by atoms with E-state index in [2.05, 4.69) is 9.88 Å². The van der Waals surface area contributed by atoms with Gasteiger partial charge in [0, 0.05) is 18.5 Å². The van der Waals surface area contributed by atoms with Crippen LogP contribution in [0.1, 0.15) is 18.4 Å². The summed E-state index contributed by atoms with van der Waals surface area (Å²) in [6, 6.07) is 1.96. The molecule has 0 radical (unpaired) electrons.